The second kappa shape index (κ2) is 6.65. The van der Waals surface area contributed by atoms with E-state index in [0.29, 0.717) is 29.6 Å². The highest BCUT2D eigenvalue weighted by Crippen LogP contribution is 2.26. The van der Waals surface area contributed by atoms with Gasteiger partial charge in [0.15, 0.2) is 5.58 Å². The first-order valence-corrected chi connectivity index (χ1v) is 10.0. The van der Waals surface area contributed by atoms with Gasteiger partial charge in [0.2, 0.25) is 10.0 Å². The highest BCUT2D eigenvalue weighted by Gasteiger charge is 2.35. The van der Waals surface area contributed by atoms with Crippen LogP contribution in [-0.4, -0.2) is 40.2 Å². The molecule has 3 heterocycles. The van der Waals surface area contributed by atoms with Gasteiger partial charge in [-0.2, -0.15) is 9.40 Å². The number of rotatable bonds is 5. The monoisotopic (exact) mass is 374 g/mol. The Bertz CT molecular complexity index is 1090. The molecule has 1 aliphatic rings. The zero-order valence-electron chi connectivity index (χ0n) is 14.0. The van der Waals surface area contributed by atoms with Crippen LogP contribution >= 0.6 is 0 Å². The summed E-state index contributed by atoms with van der Waals surface area (Å²) in [4.78, 5) is 11.9. The fourth-order valence-corrected chi connectivity index (χ4v) is 5.13. The lowest BCUT2D eigenvalue weighted by Crippen LogP contribution is -2.41. The first-order valence-electron chi connectivity index (χ1n) is 8.39. The Hall–Kier alpha value is -2.52. The van der Waals surface area contributed by atoms with E-state index in [1.807, 2.05) is 12.1 Å². The van der Waals surface area contributed by atoms with Crippen LogP contribution in [-0.2, 0) is 22.3 Å². The summed E-state index contributed by atoms with van der Waals surface area (Å²) in [5, 5.41) is 8.66. The molecule has 2 aromatic heterocycles. The van der Waals surface area contributed by atoms with Crippen molar-refractivity contribution in [2.45, 2.75) is 31.2 Å². The maximum absolute atomic E-state index is 13.0. The summed E-state index contributed by atoms with van der Waals surface area (Å²) in [6.07, 6.45) is 2.98. The van der Waals surface area contributed by atoms with Crippen molar-refractivity contribution in [2.75, 3.05) is 6.54 Å². The minimum Gasteiger partial charge on any atom is -0.356 e. The van der Waals surface area contributed by atoms with Gasteiger partial charge in [-0.3, -0.25) is 4.79 Å². The van der Waals surface area contributed by atoms with E-state index in [1.54, 1.807) is 18.2 Å². The molecular formula is C17H18N4O4S. The smallest absolute Gasteiger partial charge is 0.266 e. The molecule has 1 fully saturated rings. The molecule has 0 N–H and O–H groups in total. The quantitative estimate of drug-likeness (QED) is 0.669. The molecule has 1 atom stereocenters. The average molecular weight is 374 g/mol. The van der Waals surface area contributed by atoms with Gasteiger partial charge in [0, 0.05) is 30.2 Å². The van der Waals surface area contributed by atoms with Gasteiger partial charge in [0.05, 0.1) is 6.54 Å². The Morgan fingerprint density at radius 1 is 1.19 bits per heavy atom. The van der Waals surface area contributed by atoms with Gasteiger partial charge in [-0.25, -0.2) is 13.1 Å². The average Bonchev–Trinajstić information content (AvgIpc) is 3.25. The summed E-state index contributed by atoms with van der Waals surface area (Å²) >= 11 is 0. The highest BCUT2D eigenvalue weighted by atomic mass is 32.2. The summed E-state index contributed by atoms with van der Waals surface area (Å²) in [6.45, 7) is 0.683. The lowest BCUT2D eigenvalue weighted by molar-refractivity contribution is 0.334. The van der Waals surface area contributed by atoms with Crippen molar-refractivity contribution in [3.8, 4) is 0 Å². The first-order chi connectivity index (χ1) is 12.5. The Balaban J connectivity index is 1.58. The van der Waals surface area contributed by atoms with Crippen molar-refractivity contribution in [3.05, 3.63) is 58.6 Å². The minimum atomic E-state index is -3.59. The Morgan fingerprint density at radius 2 is 2.04 bits per heavy atom. The number of hydrogen-bond donors (Lipinski definition) is 0. The van der Waals surface area contributed by atoms with Gasteiger partial charge >= 0.3 is 0 Å². The molecule has 0 aliphatic carbocycles. The Morgan fingerprint density at radius 3 is 2.88 bits per heavy atom. The van der Waals surface area contributed by atoms with Crippen LogP contribution in [0.15, 0.2) is 51.9 Å². The second-order valence-corrected chi connectivity index (χ2v) is 8.25. The summed E-state index contributed by atoms with van der Waals surface area (Å²) in [7, 11) is -3.59. The maximum Gasteiger partial charge on any atom is 0.266 e. The van der Waals surface area contributed by atoms with E-state index in [4.69, 9.17) is 4.52 Å². The molecule has 4 rings (SSSR count). The van der Waals surface area contributed by atoms with Crippen molar-refractivity contribution >= 4 is 21.0 Å². The van der Waals surface area contributed by atoms with Gasteiger partial charge in [-0.15, -0.1) is 0 Å². The lowest BCUT2D eigenvalue weighted by atomic mass is 10.2. The van der Waals surface area contributed by atoms with Crippen molar-refractivity contribution in [3.63, 3.8) is 0 Å². The van der Waals surface area contributed by atoms with E-state index in [9.17, 15) is 13.2 Å². The second-order valence-electron chi connectivity index (χ2n) is 6.33. The van der Waals surface area contributed by atoms with E-state index < -0.39 is 10.0 Å². The fourth-order valence-electron chi connectivity index (χ4n) is 3.38. The molecular weight excluding hydrogens is 356 g/mol. The van der Waals surface area contributed by atoms with Crippen LogP contribution in [0.3, 0.4) is 0 Å². The zero-order chi connectivity index (χ0) is 18.1. The number of para-hydroxylation sites is 1. The van der Waals surface area contributed by atoms with Gasteiger partial charge in [-0.1, -0.05) is 17.3 Å². The fraction of sp³-hybridized carbons (Fsp3) is 0.353. The third-order valence-electron chi connectivity index (χ3n) is 4.62. The molecule has 8 nitrogen and oxygen atoms in total. The third kappa shape index (κ3) is 3.15. The Kier molecular flexibility index (Phi) is 4.33. The van der Waals surface area contributed by atoms with E-state index in [2.05, 4.69) is 10.3 Å². The summed E-state index contributed by atoms with van der Waals surface area (Å²) in [6, 6.07) is 9.89. The molecule has 136 valence electrons. The number of fused-ring (bicyclic) bond motifs is 1. The van der Waals surface area contributed by atoms with Crippen LogP contribution in [0, 0.1) is 0 Å². The largest absolute Gasteiger partial charge is 0.356 e. The van der Waals surface area contributed by atoms with Crippen LogP contribution < -0.4 is 5.56 Å². The van der Waals surface area contributed by atoms with Crippen molar-refractivity contribution in [1.29, 1.82) is 0 Å². The molecule has 1 saturated heterocycles. The molecule has 0 bridgehead atoms. The highest BCUT2D eigenvalue weighted by molar-refractivity contribution is 7.88. The molecule has 1 unspecified atom stereocenters. The van der Waals surface area contributed by atoms with Gasteiger partial charge in [0.1, 0.15) is 11.4 Å². The maximum atomic E-state index is 13.0. The summed E-state index contributed by atoms with van der Waals surface area (Å²) in [5.41, 5.74) is 0.733. The number of benzene rings is 1. The molecule has 0 radical (unpaired) electrons. The Labute approximate surface area is 150 Å². The van der Waals surface area contributed by atoms with Gasteiger partial charge < -0.3 is 4.52 Å². The molecule has 0 amide bonds. The molecule has 26 heavy (non-hydrogen) atoms. The molecule has 9 heteroatoms. The van der Waals surface area contributed by atoms with Gasteiger partial charge in [-0.05, 0) is 31.0 Å². The van der Waals surface area contributed by atoms with Gasteiger partial charge in [0.25, 0.3) is 5.56 Å². The van der Waals surface area contributed by atoms with Crippen LogP contribution in [0.1, 0.15) is 18.5 Å². The number of nitrogens with zero attached hydrogens (tertiary/aromatic N) is 4. The lowest BCUT2D eigenvalue weighted by Gasteiger charge is -2.23. The van der Waals surface area contributed by atoms with E-state index in [-0.39, 0.29) is 23.9 Å². The number of aromatic nitrogens is 3. The predicted molar refractivity (Wildman–Crippen MR) is 94.9 cm³/mol. The third-order valence-corrected chi connectivity index (χ3v) is 6.45. The predicted octanol–water partition coefficient (Wildman–Crippen LogP) is 1.38. The first kappa shape index (κ1) is 16.9. The van der Waals surface area contributed by atoms with Crippen LogP contribution in [0.25, 0.3) is 11.0 Å². The minimum absolute atomic E-state index is 0.225. The molecule has 3 aromatic rings. The van der Waals surface area contributed by atoms with Crippen molar-refractivity contribution in [2.24, 2.45) is 0 Å². The molecule has 0 spiro atoms. The van der Waals surface area contributed by atoms with Crippen molar-refractivity contribution < 1.29 is 12.9 Å². The van der Waals surface area contributed by atoms with E-state index in [0.717, 1.165) is 6.42 Å². The SMILES string of the molecule is O=c1cccnn1CC1CCCN1S(=O)(=O)Cc1noc2ccccc12. The van der Waals surface area contributed by atoms with Crippen LogP contribution in [0.2, 0.25) is 0 Å². The van der Waals surface area contributed by atoms with E-state index in [1.165, 1.54) is 21.3 Å². The number of hydrogen-bond acceptors (Lipinski definition) is 6. The standard InChI is InChI=1S/C17H18N4O4S/c22-17-8-3-9-18-20(17)11-13-5-4-10-21(13)26(23,24)12-15-14-6-1-2-7-16(14)25-19-15/h1-3,6-9,13H,4-5,10-12H2. The van der Waals surface area contributed by atoms with Crippen molar-refractivity contribution in [1.82, 2.24) is 19.2 Å². The van der Waals surface area contributed by atoms with Crippen LogP contribution in [0.5, 0.6) is 0 Å². The molecule has 1 aromatic carbocycles. The number of sulfonamides is 1. The van der Waals surface area contributed by atoms with Crippen LogP contribution in [0.4, 0.5) is 0 Å². The molecule has 0 saturated carbocycles. The van der Waals surface area contributed by atoms with E-state index >= 15 is 0 Å². The normalized spacial score (nSPS) is 18.5. The summed E-state index contributed by atoms with van der Waals surface area (Å²) in [5.74, 6) is -0.225. The molecule has 1 aliphatic heterocycles. The summed E-state index contributed by atoms with van der Waals surface area (Å²) < 4.78 is 33.9. The zero-order valence-corrected chi connectivity index (χ0v) is 14.8. The topological polar surface area (TPSA) is 98.3 Å².